The van der Waals surface area contributed by atoms with Crippen LogP contribution in [0.5, 0.6) is 0 Å². The van der Waals surface area contributed by atoms with Crippen LogP contribution >= 0.6 is 0 Å². The van der Waals surface area contributed by atoms with Crippen molar-refractivity contribution in [2.24, 2.45) is 0 Å². The van der Waals surface area contributed by atoms with Crippen LogP contribution in [0.2, 0.25) is 0 Å². The lowest BCUT2D eigenvalue weighted by molar-refractivity contribution is -0.385. The maximum Gasteiger partial charge on any atom is 0.290 e. The van der Waals surface area contributed by atoms with Crippen LogP contribution in [-0.2, 0) is 0 Å². The first-order chi connectivity index (χ1) is 8.40. The molecular weight excluding hydrogens is 232 g/mol. The quantitative estimate of drug-likeness (QED) is 0.619. The molecule has 1 aromatic heterocycles. The summed E-state index contributed by atoms with van der Waals surface area (Å²) in [4.78, 5) is 16.4. The number of rotatable bonds is 6. The van der Waals surface area contributed by atoms with Crippen LogP contribution in [0.15, 0.2) is 12.3 Å². The van der Waals surface area contributed by atoms with Gasteiger partial charge in [-0.05, 0) is 47.0 Å². The number of nitrogens with one attached hydrogen (secondary N) is 1. The van der Waals surface area contributed by atoms with E-state index in [2.05, 4.69) is 22.1 Å². The Morgan fingerprint density at radius 2 is 2.22 bits per heavy atom. The van der Waals surface area contributed by atoms with Gasteiger partial charge >= 0.3 is 0 Å². The fourth-order valence-corrected chi connectivity index (χ4v) is 1.60. The van der Waals surface area contributed by atoms with Crippen molar-refractivity contribution < 1.29 is 4.92 Å². The van der Waals surface area contributed by atoms with Crippen LogP contribution < -0.4 is 5.32 Å². The normalized spacial score (nSPS) is 12.5. The summed E-state index contributed by atoms with van der Waals surface area (Å²) in [5, 5.41) is 13.9. The summed E-state index contributed by atoms with van der Waals surface area (Å²) in [6.45, 7) is 4.78. The molecule has 1 rings (SSSR count). The molecule has 0 saturated heterocycles. The SMILES string of the molecule is Cc1cc(NC(C)CCN(C)C)ncc1[N+](=O)[O-]. The molecule has 0 radical (unpaired) electrons. The molecule has 6 nitrogen and oxygen atoms in total. The van der Waals surface area contributed by atoms with E-state index in [0.29, 0.717) is 11.4 Å². The summed E-state index contributed by atoms with van der Waals surface area (Å²) in [7, 11) is 4.06. The van der Waals surface area contributed by atoms with E-state index in [9.17, 15) is 10.1 Å². The lowest BCUT2D eigenvalue weighted by atomic mass is 10.2. The Morgan fingerprint density at radius 3 is 2.72 bits per heavy atom. The Balaban J connectivity index is 2.63. The Labute approximate surface area is 107 Å². The Morgan fingerprint density at radius 1 is 1.56 bits per heavy atom. The second kappa shape index (κ2) is 6.30. The zero-order valence-corrected chi connectivity index (χ0v) is 11.3. The molecule has 0 bridgehead atoms. The zero-order valence-electron chi connectivity index (χ0n) is 11.3. The minimum Gasteiger partial charge on any atom is -0.368 e. The van der Waals surface area contributed by atoms with Crippen LogP contribution in [0, 0.1) is 17.0 Å². The predicted molar refractivity (Wildman–Crippen MR) is 71.9 cm³/mol. The molecule has 0 aromatic carbocycles. The summed E-state index contributed by atoms with van der Waals surface area (Å²) in [5.74, 6) is 0.685. The van der Waals surface area contributed by atoms with E-state index in [0.717, 1.165) is 13.0 Å². The predicted octanol–water partition coefficient (Wildman–Crippen LogP) is 2.05. The van der Waals surface area contributed by atoms with E-state index in [1.807, 2.05) is 14.1 Å². The van der Waals surface area contributed by atoms with Crippen LogP contribution in [0.1, 0.15) is 18.9 Å². The number of anilines is 1. The van der Waals surface area contributed by atoms with E-state index in [-0.39, 0.29) is 11.7 Å². The zero-order chi connectivity index (χ0) is 13.7. The molecule has 0 amide bonds. The van der Waals surface area contributed by atoms with Gasteiger partial charge in [-0.25, -0.2) is 4.98 Å². The van der Waals surface area contributed by atoms with Gasteiger partial charge in [-0.3, -0.25) is 10.1 Å². The molecule has 1 heterocycles. The monoisotopic (exact) mass is 252 g/mol. The van der Waals surface area contributed by atoms with Crippen LogP contribution in [0.3, 0.4) is 0 Å². The molecule has 100 valence electrons. The van der Waals surface area contributed by atoms with Crippen molar-refractivity contribution in [1.82, 2.24) is 9.88 Å². The van der Waals surface area contributed by atoms with Gasteiger partial charge in [-0.15, -0.1) is 0 Å². The number of nitro groups is 1. The van der Waals surface area contributed by atoms with Gasteiger partial charge in [-0.1, -0.05) is 0 Å². The van der Waals surface area contributed by atoms with Crippen molar-refractivity contribution in [2.75, 3.05) is 26.0 Å². The molecule has 18 heavy (non-hydrogen) atoms. The summed E-state index contributed by atoms with van der Waals surface area (Å²) >= 11 is 0. The third-order valence-electron chi connectivity index (χ3n) is 2.68. The van der Waals surface area contributed by atoms with Crippen molar-refractivity contribution in [3.05, 3.63) is 27.9 Å². The van der Waals surface area contributed by atoms with Crippen LogP contribution in [-0.4, -0.2) is 41.5 Å². The maximum atomic E-state index is 10.7. The highest BCUT2D eigenvalue weighted by Crippen LogP contribution is 2.19. The highest BCUT2D eigenvalue weighted by molar-refractivity contribution is 5.47. The van der Waals surface area contributed by atoms with Crippen molar-refractivity contribution in [2.45, 2.75) is 26.3 Å². The highest BCUT2D eigenvalue weighted by Gasteiger charge is 2.12. The number of pyridine rings is 1. The average Bonchev–Trinajstić information content (AvgIpc) is 2.26. The van der Waals surface area contributed by atoms with Crippen molar-refractivity contribution in [1.29, 1.82) is 0 Å². The van der Waals surface area contributed by atoms with Gasteiger partial charge < -0.3 is 10.2 Å². The molecule has 0 aliphatic carbocycles. The number of hydrogen-bond acceptors (Lipinski definition) is 5. The third kappa shape index (κ3) is 4.29. The van der Waals surface area contributed by atoms with E-state index in [4.69, 9.17) is 0 Å². The molecular formula is C12H20N4O2. The fourth-order valence-electron chi connectivity index (χ4n) is 1.60. The first-order valence-electron chi connectivity index (χ1n) is 5.92. The highest BCUT2D eigenvalue weighted by atomic mass is 16.6. The Kier molecular flexibility index (Phi) is 5.03. The summed E-state index contributed by atoms with van der Waals surface area (Å²) in [5.41, 5.74) is 0.679. The topological polar surface area (TPSA) is 71.3 Å². The molecule has 6 heteroatoms. The standard InChI is InChI=1S/C12H20N4O2/c1-9-7-12(13-8-11(9)16(17)18)14-10(2)5-6-15(3)4/h7-8,10H,5-6H2,1-4H3,(H,13,14). The maximum absolute atomic E-state index is 10.7. The van der Waals surface area contributed by atoms with Gasteiger partial charge in [0.05, 0.1) is 4.92 Å². The average molecular weight is 252 g/mol. The summed E-state index contributed by atoms with van der Waals surface area (Å²) in [6.07, 6.45) is 2.29. The van der Waals surface area contributed by atoms with Gasteiger partial charge in [-0.2, -0.15) is 0 Å². The second-order valence-corrected chi connectivity index (χ2v) is 4.75. The number of aromatic nitrogens is 1. The smallest absolute Gasteiger partial charge is 0.290 e. The second-order valence-electron chi connectivity index (χ2n) is 4.75. The molecule has 1 unspecified atom stereocenters. The number of aryl methyl sites for hydroxylation is 1. The Bertz CT molecular complexity index is 421. The molecule has 0 aliphatic rings. The molecule has 0 aliphatic heterocycles. The van der Waals surface area contributed by atoms with Crippen LogP contribution in [0.25, 0.3) is 0 Å². The van der Waals surface area contributed by atoms with Crippen LogP contribution in [0.4, 0.5) is 11.5 Å². The van der Waals surface area contributed by atoms with E-state index in [1.165, 1.54) is 6.20 Å². The van der Waals surface area contributed by atoms with Gasteiger partial charge in [0.1, 0.15) is 12.0 Å². The third-order valence-corrected chi connectivity index (χ3v) is 2.68. The largest absolute Gasteiger partial charge is 0.368 e. The van der Waals surface area contributed by atoms with E-state index >= 15 is 0 Å². The van der Waals surface area contributed by atoms with Crippen molar-refractivity contribution in [3.8, 4) is 0 Å². The molecule has 0 spiro atoms. The lowest BCUT2D eigenvalue weighted by Gasteiger charge is -2.17. The fraction of sp³-hybridized carbons (Fsp3) is 0.583. The van der Waals surface area contributed by atoms with Crippen molar-refractivity contribution in [3.63, 3.8) is 0 Å². The molecule has 1 atom stereocenters. The number of nitrogens with zero attached hydrogens (tertiary/aromatic N) is 3. The van der Waals surface area contributed by atoms with E-state index < -0.39 is 4.92 Å². The minimum absolute atomic E-state index is 0.0569. The lowest BCUT2D eigenvalue weighted by Crippen LogP contribution is -2.23. The summed E-state index contributed by atoms with van der Waals surface area (Å²) < 4.78 is 0. The van der Waals surface area contributed by atoms with Gasteiger partial charge in [0.25, 0.3) is 5.69 Å². The Hall–Kier alpha value is -1.69. The molecule has 0 saturated carbocycles. The first kappa shape index (κ1) is 14.4. The minimum atomic E-state index is -0.415. The number of hydrogen-bond donors (Lipinski definition) is 1. The van der Waals surface area contributed by atoms with Gasteiger partial charge in [0.2, 0.25) is 0 Å². The summed E-state index contributed by atoms with van der Waals surface area (Å²) in [6, 6.07) is 1.99. The van der Waals surface area contributed by atoms with Crippen molar-refractivity contribution >= 4 is 11.5 Å². The van der Waals surface area contributed by atoms with Gasteiger partial charge in [0, 0.05) is 11.6 Å². The molecule has 1 aromatic rings. The molecule has 1 N–H and O–H groups in total. The first-order valence-corrected chi connectivity index (χ1v) is 5.92. The van der Waals surface area contributed by atoms with E-state index in [1.54, 1.807) is 13.0 Å². The van der Waals surface area contributed by atoms with Gasteiger partial charge in [0.15, 0.2) is 0 Å². The molecule has 0 fully saturated rings.